The van der Waals surface area contributed by atoms with Crippen molar-refractivity contribution < 1.29 is 47.8 Å². The fraction of sp³-hybridized carbons (Fsp3) is 0.314. The number of unbranched alkanes of at least 4 members (excludes halogenated alkanes) is 2. The number of alkyl carbamates (subject to hydrolysis) is 2. The van der Waals surface area contributed by atoms with Gasteiger partial charge in [0.25, 0.3) is 0 Å². The van der Waals surface area contributed by atoms with Crippen molar-refractivity contribution in [2.75, 3.05) is 13.1 Å². The van der Waals surface area contributed by atoms with Crippen LogP contribution in [-0.4, -0.2) is 117 Å². The monoisotopic (exact) mass is 1280 g/mol. The first kappa shape index (κ1) is 63.9. The number of hydrogen-bond acceptors (Lipinski definition) is 10. The Morgan fingerprint density at radius 1 is 0.435 bits per heavy atom. The maximum atomic E-state index is 15.8. The van der Waals surface area contributed by atoms with E-state index in [1.165, 1.54) is 9.80 Å². The van der Waals surface area contributed by atoms with Gasteiger partial charge in [0.1, 0.15) is 49.5 Å². The lowest BCUT2D eigenvalue weighted by molar-refractivity contribution is -0.147. The van der Waals surface area contributed by atoms with Crippen LogP contribution in [0.4, 0.5) is 9.59 Å². The molecule has 8 aromatic rings. The zero-order valence-corrected chi connectivity index (χ0v) is 52.0. The number of benzene rings is 6. The van der Waals surface area contributed by atoms with Crippen LogP contribution in [0.2, 0.25) is 10.0 Å². The summed E-state index contributed by atoms with van der Waals surface area (Å²) < 4.78 is 10.9. The van der Waals surface area contributed by atoms with Gasteiger partial charge in [-0.15, -0.1) is 0 Å². The average Bonchev–Trinajstić information content (AvgIpc) is 1.05. The molecule has 6 aromatic carbocycles. The third-order valence-corrected chi connectivity index (χ3v) is 18.1. The van der Waals surface area contributed by atoms with Gasteiger partial charge in [0.2, 0.25) is 35.4 Å². The molecule has 0 aliphatic carbocycles. The second-order valence-electron chi connectivity index (χ2n) is 23.5. The molecule has 8 N–H and O–H groups in total. The Morgan fingerprint density at radius 2 is 0.804 bits per heavy atom. The van der Waals surface area contributed by atoms with E-state index < -0.39 is 83.9 Å². The molecule has 476 valence electrons. The number of H-pyrrole nitrogens is 2. The molecule has 3 aliphatic rings. The number of aromatic nitrogens is 2. The molecular weight excluding hydrogens is 1210 g/mol. The molecule has 0 bridgehead atoms. The average molecular weight is 1280 g/mol. The van der Waals surface area contributed by atoms with E-state index in [1.54, 1.807) is 60.9 Å². The van der Waals surface area contributed by atoms with Gasteiger partial charge in [-0.3, -0.25) is 28.8 Å². The molecule has 0 spiro atoms. The van der Waals surface area contributed by atoms with Gasteiger partial charge in [0.05, 0.1) is 0 Å². The Hall–Kier alpha value is -9.66. The highest BCUT2D eigenvalue weighted by Crippen LogP contribution is 2.30. The lowest BCUT2D eigenvalue weighted by Crippen LogP contribution is -2.64. The van der Waals surface area contributed by atoms with Crippen molar-refractivity contribution >= 4 is 92.6 Å². The Bertz CT molecular complexity index is 3770. The van der Waals surface area contributed by atoms with Crippen LogP contribution in [-0.2, 0) is 90.2 Å². The number of nitrogens with zero attached hydrogens (tertiary/aromatic N) is 2. The summed E-state index contributed by atoms with van der Waals surface area (Å²) in [6.45, 7) is 0.134. The Morgan fingerprint density at radius 3 is 1.23 bits per heavy atom. The molecule has 11 rings (SSSR count). The lowest BCUT2D eigenvalue weighted by Gasteiger charge is -2.40. The first-order valence-corrected chi connectivity index (χ1v) is 31.8. The van der Waals surface area contributed by atoms with E-state index in [0.717, 1.165) is 44.1 Å². The zero-order chi connectivity index (χ0) is 64.1. The normalized spacial score (nSPS) is 19.6. The molecule has 6 atom stereocenters. The number of aromatic amines is 2. The van der Waals surface area contributed by atoms with Gasteiger partial charge >= 0.3 is 12.2 Å². The highest BCUT2D eigenvalue weighted by Gasteiger charge is 2.43. The molecule has 0 radical (unpaired) electrons. The molecule has 8 amide bonds. The van der Waals surface area contributed by atoms with Gasteiger partial charge in [-0.25, -0.2) is 9.59 Å². The molecular formula is C70H72Cl2N10O10. The fourth-order valence-electron chi connectivity index (χ4n) is 12.4. The predicted molar refractivity (Wildman–Crippen MR) is 348 cm³/mol. The molecule has 3 aliphatic heterocycles. The first-order chi connectivity index (χ1) is 44.7. The topological polar surface area (TPSA) is 265 Å². The number of ether oxygens (including phenoxy) is 2. The molecule has 20 nitrogen and oxygen atoms in total. The maximum absolute atomic E-state index is 15.8. The van der Waals surface area contributed by atoms with E-state index in [0.29, 0.717) is 58.0 Å². The molecule has 0 saturated carbocycles. The standard InChI is InChI=1S/C70H72Cl2N10O10/c71-53-25-9-5-21-47(53)41-91-69(89)73-31-15-13-29-57-67(87)81-39-45-19-3-1-17-43(45)35-61(81)65(85)79-59(33-49-37-75-55-27-11-7-23-51(49)55)63(83)78-58(30-14-16-32-74-70(90)92-42-48-22-6-10-26-54(48)72)68(88)82-40-46-20-4-2-18-44(46)36-62(82)66(86)80-60(64(84)77-57)34-50-38-76-56-28-12-8-24-52(50)56/h1-12,17-28,37-38,57-62,75-76H,13-16,29-36,39-42H2,(H,73,89)(H,74,90)(H,77,84)(H,78,83)(H,79,85)(H,80,86)/t57-,58-,59-,60-,61+,62+/m0/s1. The number of rotatable bonds is 18. The third-order valence-electron chi connectivity index (χ3n) is 17.4. The summed E-state index contributed by atoms with van der Waals surface area (Å²) in [4.78, 5) is 129. The van der Waals surface area contributed by atoms with Crippen LogP contribution in [0, 0.1) is 0 Å². The van der Waals surface area contributed by atoms with Gasteiger partial charge < -0.3 is 61.1 Å². The number of nitrogens with one attached hydrogen (secondary N) is 8. The third kappa shape index (κ3) is 15.6. The molecule has 0 unspecified atom stereocenters. The minimum absolute atomic E-state index is 0.0311. The van der Waals surface area contributed by atoms with Crippen LogP contribution in [0.25, 0.3) is 21.8 Å². The number of halogens is 2. The van der Waals surface area contributed by atoms with E-state index in [2.05, 4.69) is 41.9 Å². The molecule has 5 heterocycles. The summed E-state index contributed by atoms with van der Waals surface area (Å²) in [7, 11) is 0. The lowest BCUT2D eigenvalue weighted by atomic mass is 9.91. The van der Waals surface area contributed by atoms with Crippen molar-refractivity contribution in [3.05, 3.63) is 213 Å². The first-order valence-electron chi connectivity index (χ1n) is 31.1. The summed E-state index contributed by atoms with van der Waals surface area (Å²) in [5.41, 5.74) is 7.39. The fourth-order valence-corrected chi connectivity index (χ4v) is 12.8. The highest BCUT2D eigenvalue weighted by molar-refractivity contribution is 6.31. The van der Waals surface area contributed by atoms with Crippen LogP contribution < -0.4 is 31.9 Å². The predicted octanol–water partition coefficient (Wildman–Crippen LogP) is 8.79. The SMILES string of the molecule is O=C(NCCCC[C@@H]1NC(=O)[C@H](Cc2c[nH]c3ccccc23)NC(=O)[C@H]2Cc3ccccc3CN2C(=O)[C@H](CCCCNC(=O)OCc2ccccc2Cl)NC(=O)[C@H](Cc2c[nH]c3ccccc23)NC(=O)[C@H]2Cc3ccccc3CN2C1=O)OCc1ccccc1Cl. The van der Waals surface area contributed by atoms with E-state index in [-0.39, 0.29) is 77.9 Å². The number of amides is 8. The summed E-state index contributed by atoms with van der Waals surface area (Å²) in [5.74, 6) is -3.85. The summed E-state index contributed by atoms with van der Waals surface area (Å²) >= 11 is 12.6. The molecule has 22 heteroatoms. The highest BCUT2D eigenvalue weighted by atomic mass is 35.5. The van der Waals surface area contributed by atoms with Crippen molar-refractivity contribution in [2.45, 2.75) is 127 Å². The molecule has 2 aromatic heterocycles. The van der Waals surface area contributed by atoms with Crippen molar-refractivity contribution in [2.24, 2.45) is 0 Å². The Balaban J connectivity index is 0.930. The number of fused-ring (bicyclic) bond motifs is 6. The number of carbonyl (C=O) groups excluding carboxylic acids is 8. The minimum atomic E-state index is -1.33. The van der Waals surface area contributed by atoms with E-state index in [4.69, 9.17) is 32.7 Å². The van der Waals surface area contributed by atoms with E-state index in [9.17, 15) is 9.59 Å². The largest absolute Gasteiger partial charge is 0.445 e. The van der Waals surface area contributed by atoms with Gasteiger partial charge in [0, 0.05) is 107 Å². The van der Waals surface area contributed by atoms with Crippen molar-refractivity contribution in [3.8, 4) is 0 Å². The van der Waals surface area contributed by atoms with Crippen LogP contribution in [0.1, 0.15) is 83.0 Å². The summed E-state index contributed by atoms with van der Waals surface area (Å²) in [6, 6.07) is 36.4. The Kier molecular flexibility index (Phi) is 20.8. The van der Waals surface area contributed by atoms with Crippen LogP contribution >= 0.6 is 23.2 Å². The molecule has 1 saturated heterocycles. The number of hydrogen-bond donors (Lipinski definition) is 8. The second kappa shape index (κ2) is 30.0. The molecule has 1 fully saturated rings. The zero-order valence-electron chi connectivity index (χ0n) is 50.5. The second-order valence-corrected chi connectivity index (χ2v) is 24.3. The summed E-state index contributed by atoms with van der Waals surface area (Å²) in [6.07, 6.45) is 3.57. The Labute approximate surface area is 541 Å². The summed E-state index contributed by atoms with van der Waals surface area (Å²) in [5, 5.41) is 20.2. The number of carbonyl (C=O) groups is 8. The van der Waals surface area contributed by atoms with Gasteiger partial charge in [-0.2, -0.15) is 0 Å². The van der Waals surface area contributed by atoms with Crippen LogP contribution in [0.5, 0.6) is 0 Å². The molecule has 92 heavy (non-hydrogen) atoms. The van der Waals surface area contributed by atoms with Crippen LogP contribution in [0.15, 0.2) is 158 Å². The van der Waals surface area contributed by atoms with Gasteiger partial charge in [-0.1, -0.05) is 145 Å². The van der Waals surface area contributed by atoms with E-state index in [1.807, 2.05) is 97.1 Å². The number of para-hydroxylation sites is 2. The van der Waals surface area contributed by atoms with Crippen molar-refractivity contribution in [1.82, 2.24) is 51.7 Å². The minimum Gasteiger partial charge on any atom is -0.445 e. The quantitative estimate of drug-likeness (QED) is 0.0379. The maximum Gasteiger partial charge on any atom is 0.407 e. The van der Waals surface area contributed by atoms with Crippen molar-refractivity contribution in [1.29, 1.82) is 0 Å². The van der Waals surface area contributed by atoms with E-state index >= 15 is 28.8 Å². The van der Waals surface area contributed by atoms with Crippen molar-refractivity contribution in [3.63, 3.8) is 0 Å². The van der Waals surface area contributed by atoms with Gasteiger partial charge in [-0.05, 0) is 96.2 Å². The van der Waals surface area contributed by atoms with Gasteiger partial charge in [0.15, 0.2) is 0 Å². The smallest absolute Gasteiger partial charge is 0.407 e. The van der Waals surface area contributed by atoms with Crippen LogP contribution in [0.3, 0.4) is 0 Å².